The Kier molecular flexibility index (Phi) is 5.75. The summed E-state index contributed by atoms with van der Waals surface area (Å²) < 4.78 is 33.6. The molecule has 0 bridgehead atoms. The summed E-state index contributed by atoms with van der Waals surface area (Å²) in [7, 11) is -3.48. The van der Waals surface area contributed by atoms with E-state index in [1.807, 2.05) is 31.2 Å². The van der Waals surface area contributed by atoms with E-state index in [1.165, 1.54) is 0 Å². The fourth-order valence-electron chi connectivity index (χ4n) is 3.50. The van der Waals surface area contributed by atoms with Gasteiger partial charge in [0.05, 0.1) is 11.4 Å². The number of rotatable bonds is 6. The van der Waals surface area contributed by atoms with Gasteiger partial charge < -0.3 is 4.42 Å². The number of aryl methyl sites for hydroxylation is 1. The highest BCUT2D eigenvalue weighted by molar-refractivity contribution is 7.89. The third-order valence-electron chi connectivity index (χ3n) is 5.05. The highest BCUT2D eigenvalue weighted by atomic mass is 32.2. The van der Waals surface area contributed by atoms with E-state index >= 15 is 0 Å². The van der Waals surface area contributed by atoms with Crippen molar-refractivity contribution < 1.29 is 12.8 Å². The number of piperidine rings is 1. The Bertz CT molecular complexity index is 1060. The van der Waals surface area contributed by atoms with Crippen LogP contribution in [0.4, 0.5) is 0 Å². The molecule has 3 aromatic rings. The van der Waals surface area contributed by atoms with E-state index in [1.54, 1.807) is 30.3 Å². The largest absolute Gasteiger partial charge is 0.419 e. The Balaban J connectivity index is 1.32. The van der Waals surface area contributed by atoms with Crippen molar-refractivity contribution in [3.05, 3.63) is 66.1 Å². The molecule has 0 spiro atoms. The molecule has 0 unspecified atom stereocenters. The van der Waals surface area contributed by atoms with E-state index in [0.29, 0.717) is 23.2 Å². The van der Waals surface area contributed by atoms with Crippen LogP contribution < -0.4 is 4.72 Å². The van der Waals surface area contributed by atoms with Crippen molar-refractivity contribution in [1.82, 2.24) is 19.8 Å². The first-order valence-corrected chi connectivity index (χ1v) is 11.2. The average Bonchev–Trinajstić information content (AvgIpc) is 3.19. The zero-order valence-electron chi connectivity index (χ0n) is 16.3. The number of nitrogens with zero attached hydrogens (tertiary/aromatic N) is 3. The quantitative estimate of drug-likeness (QED) is 0.670. The van der Waals surface area contributed by atoms with Crippen LogP contribution in [0.15, 0.2) is 63.9 Å². The normalized spacial score (nSPS) is 16.2. The molecule has 152 valence electrons. The monoisotopic (exact) mass is 412 g/mol. The summed E-state index contributed by atoms with van der Waals surface area (Å²) in [5.41, 5.74) is 2.06. The second-order valence-corrected chi connectivity index (χ2v) is 9.07. The SMILES string of the molecule is Cc1cccc(-c2nnc(CN3CCC(NS(=O)(=O)c4ccccc4)CC3)o2)c1. The van der Waals surface area contributed by atoms with E-state index in [-0.39, 0.29) is 6.04 Å². The number of hydrogen-bond acceptors (Lipinski definition) is 6. The lowest BCUT2D eigenvalue weighted by molar-refractivity contribution is 0.184. The fourth-order valence-corrected chi connectivity index (χ4v) is 4.83. The van der Waals surface area contributed by atoms with Gasteiger partial charge in [0, 0.05) is 24.7 Å². The van der Waals surface area contributed by atoms with Crippen molar-refractivity contribution in [3.8, 4) is 11.5 Å². The van der Waals surface area contributed by atoms with Crippen molar-refractivity contribution >= 4 is 10.0 Å². The topological polar surface area (TPSA) is 88.3 Å². The third kappa shape index (κ3) is 4.90. The lowest BCUT2D eigenvalue weighted by Gasteiger charge is -2.31. The number of hydrogen-bond donors (Lipinski definition) is 1. The molecule has 8 heteroatoms. The molecule has 0 aliphatic carbocycles. The lowest BCUT2D eigenvalue weighted by atomic mass is 10.1. The molecule has 0 atom stereocenters. The van der Waals surface area contributed by atoms with E-state index in [2.05, 4.69) is 19.8 Å². The van der Waals surface area contributed by atoms with Crippen molar-refractivity contribution in [3.63, 3.8) is 0 Å². The summed E-state index contributed by atoms with van der Waals surface area (Å²) in [6.07, 6.45) is 1.48. The van der Waals surface area contributed by atoms with Crippen LogP contribution in [0.25, 0.3) is 11.5 Å². The Morgan fingerprint density at radius 2 is 1.83 bits per heavy atom. The molecule has 7 nitrogen and oxygen atoms in total. The van der Waals surface area contributed by atoms with Crippen LogP contribution in [0.2, 0.25) is 0 Å². The van der Waals surface area contributed by atoms with Crippen LogP contribution in [-0.2, 0) is 16.6 Å². The van der Waals surface area contributed by atoms with E-state index in [4.69, 9.17) is 4.42 Å². The zero-order chi connectivity index (χ0) is 20.3. The molecule has 0 saturated carbocycles. The fraction of sp³-hybridized carbons (Fsp3) is 0.333. The van der Waals surface area contributed by atoms with Crippen molar-refractivity contribution in [2.24, 2.45) is 0 Å². The van der Waals surface area contributed by atoms with E-state index < -0.39 is 10.0 Å². The maximum atomic E-state index is 12.5. The van der Waals surface area contributed by atoms with Crippen LogP contribution in [0, 0.1) is 6.92 Å². The smallest absolute Gasteiger partial charge is 0.247 e. The Labute approximate surface area is 170 Å². The molecular formula is C21H24N4O3S. The Morgan fingerprint density at radius 1 is 1.07 bits per heavy atom. The second-order valence-electron chi connectivity index (χ2n) is 7.36. The van der Waals surface area contributed by atoms with Crippen molar-refractivity contribution in [2.75, 3.05) is 13.1 Å². The molecule has 1 aromatic heterocycles. The van der Waals surface area contributed by atoms with Crippen molar-refractivity contribution in [2.45, 2.75) is 37.2 Å². The molecule has 2 aromatic carbocycles. The minimum absolute atomic E-state index is 0.0676. The first-order chi connectivity index (χ1) is 14.0. The highest BCUT2D eigenvalue weighted by Crippen LogP contribution is 2.21. The van der Waals surface area contributed by atoms with Gasteiger partial charge in [-0.25, -0.2) is 13.1 Å². The molecule has 1 saturated heterocycles. The van der Waals surface area contributed by atoms with Gasteiger partial charge >= 0.3 is 0 Å². The molecule has 2 heterocycles. The molecule has 1 aliphatic rings. The van der Waals surface area contributed by atoms with Gasteiger partial charge in [-0.3, -0.25) is 4.90 Å². The number of benzene rings is 2. The third-order valence-corrected chi connectivity index (χ3v) is 6.59. The predicted molar refractivity (Wildman–Crippen MR) is 110 cm³/mol. The number of nitrogens with one attached hydrogen (secondary N) is 1. The van der Waals surface area contributed by atoms with E-state index in [9.17, 15) is 8.42 Å². The van der Waals surface area contributed by atoms with Gasteiger partial charge in [-0.15, -0.1) is 10.2 Å². The molecule has 4 rings (SSSR count). The Hall–Kier alpha value is -2.55. The van der Waals surface area contributed by atoms with Gasteiger partial charge in [-0.2, -0.15) is 0 Å². The van der Waals surface area contributed by atoms with Gasteiger partial charge in [0.1, 0.15) is 0 Å². The molecule has 0 amide bonds. The molecule has 29 heavy (non-hydrogen) atoms. The van der Waals surface area contributed by atoms with Gasteiger partial charge in [0.2, 0.25) is 21.8 Å². The molecule has 1 fully saturated rings. The lowest BCUT2D eigenvalue weighted by Crippen LogP contribution is -2.44. The molecule has 1 N–H and O–H groups in total. The van der Waals surface area contributed by atoms with Gasteiger partial charge in [-0.05, 0) is 44.0 Å². The average molecular weight is 413 g/mol. The number of sulfonamides is 1. The molecule has 0 radical (unpaired) electrons. The maximum absolute atomic E-state index is 12.5. The van der Waals surface area contributed by atoms with Crippen LogP contribution >= 0.6 is 0 Å². The summed E-state index contributed by atoms with van der Waals surface area (Å²) in [6.45, 7) is 4.13. The predicted octanol–water partition coefficient (Wildman–Crippen LogP) is 2.99. The first kappa shape index (κ1) is 19.8. The van der Waals surface area contributed by atoms with Gasteiger partial charge in [-0.1, -0.05) is 35.9 Å². The molecular weight excluding hydrogens is 388 g/mol. The van der Waals surface area contributed by atoms with Crippen LogP contribution in [-0.4, -0.2) is 42.6 Å². The first-order valence-electron chi connectivity index (χ1n) is 9.69. The molecule has 1 aliphatic heterocycles. The minimum atomic E-state index is -3.48. The summed E-state index contributed by atoms with van der Waals surface area (Å²) in [6, 6.07) is 16.4. The van der Waals surface area contributed by atoms with Gasteiger partial charge in [0.15, 0.2) is 0 Å². The second kappa shape index (κ2) is 8.44. The van der Waals surface area contributed by atoms with Gasteiger partial charge in [0.25, 0.3) is 0 Å². The Morgan fingerprint density at radius 3 is 2.55 bits per heavy atom. The number of likely N-dealkylation sites (tertiary alicyclic amines) is 1. The minimum Gasteiger partial charge on any atom is -0.419 e. The summed E-state index contributed by atoms with van der Waals surface area (Å²) in [5.74, 6) is 1.10. The van der Waals surface area contributed by atoms with Crippen LogP contribution in [0.3, 0.4) is 0 Å². The zero-order valence-corrected chi connectivity index (χ0v) is 17.1. The number of aromatic nitrogens is 2. The van der Waals surface area contributed by atoms with Crippen LogP contribution in [0.5, 0.6) is 0 Å². The summed E-state index contributed by atoms with van der Waals surface area (Å²) in [4.78, 5) is 2.51. The van der Waals surface area contributed by atoms with Crippen LogP contribution in [0.1, 0.15) is 24.3 Å². The van der Waals surface area contributed by atoms with Crippen molar-refractivity contribution in [1.29, 1.82) is 0 Å². The summed E-state index contributed by atoms with van der Waals surface area (Å²) >= 11 is 0. The summed E-state index contributed by atoms with van der Waals surface area (Å²) in [5, 5.41) is 8.32. The standard InChI is InChI=1S/C21H24N4O3S/c1-16-6-5-7-17(14-16)21-23-22-20(28-21)15-25-12-10-18(11-13-25)24-29(26,27)19-8-3-2-4-9-19/h2-9,14,18,24H,10-13,15H2,1H3. The maximum Gasteiger partial charge on any atom is 0.247 e. The highest BCUT2D eigenvalue weighted by Gasteiger charge is 2.25. The van der Waals surface area contributed by atoms with E-state index in [0.717, 1.165) is 37.1 Å².